The maximum Gasteiger partial charge on any atom is 0.331 e. The standard InChI is InChI=1S/C25H23N3O5/c1-26-15-19(24(31)27(2)25(26)32)13-14-23(30)33-16-22(29)28-20-9-5-3-7-17(20)11-12-18-8-4-6-10-21(18)28/h3-10,13-15H,11-12,16H2,1-2H3. The molecule has 0 spiro atoms. The molecular weight excluding hydrogens is 422 g/mol. The molecule has 0 saturated carbocycles. The number of fused-ring (bicyclic) bond motifs is 2. The minimum Gasteiger partial charge on any atom is -0.452 e. The monoisotopic (exact) mass is 445 g/mol. The van der Waals surface area contributed by atoms with Gasteiger partial charge in [-0.05, 0) is 42.2 Å². The number of carbonyl (C=O) groups excluding carboxylic acids is 2. The molecule has 1 aliphatic rings. The molecule has 2 heterocycles. The number of anilines is 2. The van der Waals surface area contributed by atoms with Crippen molar-refractivity contribution in [1.82, 2.24) is 9.13 Å². The molecule has 3 aromatic rings. The molecule has 2 aromatic carbocycles. The SMILES string of the molecule is Cn1cc(C=CC(=O)OCC(=O)N2c3ccccc3CCc3ccccc32)c(=O)n(C)c1=O. The normalized spacial score (nSPS) is 12.7. The number of amides is 1. The van der Waals surface area contributed by atoms with Gasteiger partial charge in [-0.1, -0.05) is 36.4 Å². The van der Waals surface area contributed by atoms with Crippen molar-refractivity contribution in [3.8, 4) is 0 Å². The van der Waals surface area contributed by atoms with Crippen LogP contribution in [0.1, 0.15) is 16.7 Å². The number of nitrogens with zero attached hydrogens (tertiary/aromatic N) is 3. The van der Waals surface area contributed by atoms with Gasteiger partial charge >= 0.3 is 11.7 Å². The lowest BCUT2D eigenvalue weighted by molar-refractivity contribution is -0.142. The molecule has 4 rings (SSSR count). The summed E-state index contributed by atoms with van der Waals surface area (Å²) in [6.07, 6.45) is 5.27. The van der Waals surface area contributed by atoms with Crippen LogP contribution in [-0.4, -0.2) is 27.6 Å². The number of carbonyl (C=O) groups is 2. The molecule has 0 radical (unpaired) electrons. The van der Waals surface area contributed by atoms with Gasteiger partial charge in [0.25, 0.3) is 11.5 Å². The summed E-state index contributed by atoms with van der Waals surface area (Å²) in [7, 11) is 2.86. The summed E-state index contributed by atoms with van der Waals surface area (Å²) in [6, 6.07) is 15.4. The fourth-order valence-electron chi connectivity index (χ4n) is 3.90. The first-order chi connectivity index (χ1) is 15.9. The zero-order valence-electron chi connectivity index (χ0n) is 18.4. The lowest BCUT2D eigenvalue weighted by Crippen LogP contribution is -2.37. The van der Waals surface area contributed by atoms with Gasteiger partial charge in [-0.3, -0.25) is 19.1 Å². The second kappa shape index (κ2) is 9.12. The van der Waals surface area contributed by atoms with Crippen molar-refractivity contribution in [3.63, 3.8) is 0 Å². The summed E-state index contributed by atoms with van der Waals surface area (Å²) in [5, 5.41) is 0. The number of hydrogen-bond donors (Lipinski definition) is 0. The average Bonchev–Trinajstić information content (AvgIpc) is 2.99. The maximum atomic E-state index is 13.2. The first-order valence-corrected chi connectivity index (χ1v) is 10.5. The van der Waals surface area contributed by atoms with Crippen LogP contribution in [0, 0.1) is 0 Å². The van der Waals surface area contributed by atoms with E-state index in [-0.39, 0.29) is 11.5 Å². The Bertz CT molecular complexity index is 1340. The highest BCUT2D eigenvalue weighted by Gasteiger charge is 2.26. The Kier molecular flexibility index (Phi) is 6.08. The number of aromatic nitrogens is 2. The molecule has 33 heavy (non-hydrogen) atoms. The lowest BCUT2D eigenvalue weighted by atomic mass is 10.0. The Morgan fingerprint density at radius 2 is 1.52 bits per heavy atom. The minimum atomic E-state index is -0.768. The number of aryl methyl sites for hydroxylation is 3. The van der Waals surface area contributed by atoms with Crippen LogP contribution >= 0.6 is 0 Å². The minimum absolute atomic E-state index is 0.151. The van der Waals surface area contributed by atoms with E-state index in [2.05, 4.69) is 0 Å². The van der Waals surface area contributed by atoms with Gasteiger partial charge in [0.2, 0.25) is 0 Å². The summed E-state index contributed by atoms with van der Waals surface area (Å²) in [5.41, 5.74) is 2.77. The van der Waals surface area contributed by atoms with Crippen molar-refractivity contribution in [3.05, 3.63) is 98.3 Å². The van der Waals surface area contributed by atoms with E-state index in [9.17, 15) is 19.2 Å². The quantitative estimate of drug-likeness (QED) is 0.453. The summed E-state index contributed by atoms with van der Waals surface area (Å²) in [4.78, 5) is 51.0. The largest absolute Gasteiger partial charge is 0.452 e. The molecule has 0 bridgehead atoms. The number of rotatable bonds is 4. The van der Waals surface area contributed by atoms with Gasteiger partial charge in [0.1, 0.15) is 0 Å². The van der Waals surface area contributed by atoms with Gasteiger partial charge in [-0.15, -0.1) is 0 Å². The van der Waals surface area contributed by atoms with Crippen LogP contribution in [0.4, 0.5) is 11.4 Å². The third kappa shape index (κ3) is 4.41. The lowest BCUT2D eigenvalue weighted by Gasteiger charge is -2.24. The van der Waals surface area contributed by atoms with Gasteiger partial charge in [-0.25, -0.2) is 9.59 Å². The fraction of sp³-hybridized carbons (Fsp3) is 0.200. The van der Waals surface area contributed by atoms with Crippen molar-refractivity contribution < 1.29 is 14.3 Å². The second-order valence-corrected chi connectivity index (χ2v) is 7.77. The molecule has 168 valence electrons. The Balaban J connectivity index is 1.53. The maximum absolute atomic E-state index is 13.2. The molecule has 0 saturated heterocycles. The van der Waals surface area contributed by atoms with Crippen LogP contribution in [0.15, 0.2) is 70.4 Å². The van der Waals surface area contributed by atoms with Gasteiger partial charge in [0.05, 0.1) is 16.9 Å². The van der Waals surface area contributed by atoms with Crippen LogP contribution in [0.3, 0.4) is 0 Å². The second-order valence-electron chi connectivity index (χ2n) is 7.77. The molecule has 8 heteroatoms. The topological polar surface area (TPSA) is 90.6 Å². The van der Waals surface area contributed by atoms with Crippen LogP contribution in [0.2, 0.25) is 0 Å². The summed E-state index contributed by atoms with van der Waals surface area (Å²) < 4.78 is 7.37. The van der Waals surface area contributed by atoms with Crippen LogP contribution < -0.4 is 16.1 Å². The smallest absolute Gasteiger partial charge is 0.331 e. The number of para-hydroxylation sites is 2. The molecule has 0 fully saturated rings. The number of esters is 1. The Labute approximate surface area is 190 Å². The molecule has 0 N–H and O–H groups in total. The highest BCUT2D eigenvalue weighted by Crippen LogP contribution is 2.35. The van der Waals surface area contributed by atoms with Crippen molar-refractivity contribution in [2.45, 2.75) is 12.8 Å². The van der Waals surface area contributed by atoms with Gasteiger partial charge in [0.15, 0.2) is 6.61 Å². The van der Waals surface area contributed by atoms with Crippen molar-refractivity contribution in [2.24, 2.45) is 14.1 Å². The first-order valence-electron chi connectivity index (χ1n) is 10.5. The third-order valence-electron chi connectivity index (χ3n) is 5.59. The molecule has 0 atom stereocenters. The van der Waals surface area contributed by atoms with E-state index in [0.29, 0.717) is 0 Å². The van der Waals surface area contributed by atoms with E-state index in [1.165, 1.54) is 30.9 Å². The van der Waals surface area contributed by atoms with Crippen LogP contribution in [0.25, 0.3) is 6.08 Å². The molecule has 1 amide bonds. The predicted molar refractivity (Wildman–Crippen MR) is 124 cm³/mol. The van der Waals surface area contributed by atoms with E-state index in [1.807, 2.05) is 48.5 Å². The Hall–Kier alpha value is -4.20. The van der Waals surface area contributed by atoms with Crippen molar-refractivity contribution in [1.29, 1.82) is 0 Å². The zero-order chi connectivity index (χ0) is 23.5. The summed E-state index contributed by atoms with van der Waals surface area (Å²) in [5.74, 6) is -1.15. The summed E-state index contributed by atoms with van der Waals surface area (Å²) in [6.45, 7) is -0.461. The first kappa shape index (κ1) is 22.0. The highest BCUT2D eigenvalue weighted by molar-refractivity contribution is 6.04. The van der Waals surface area contributed by atoms with Gasteiger partial charge < -0.3 is 9.30 Å². The van der Waals surface area contributed by atoms with E-state index >= 15 is 0 Å². The molecular formula is C25H23N3O5. The van der Waals surface area contributed by atoms with Crippen molar-refractivity contribution in [2.75, 3.05) is 11.5 Å². The van der Waals surface area contributed by atoms with Gasteiger partial charge in [-0.2, -0.15) is 0 Å². The molecule has 8 nitrogen and oxygen atoms in total. The van der Waals surface area contributed by atoms with Crippen LogP contribution in [-0.2, 0) is 41.3 Å². The molecule has 0 unspecified atom stereocenters. The van der Waals surface area contributed by atoms with E-state index in [4.69, 9.17) is 4.74 Å². The zero-order valence-corrected chi connectivity index (χ0v) is 18.4. The molecule has 0 aliphatic carbocycles. The van der Waals surface area contributed by atoms with Crippen LogP contribution in [0.5, 0.6) is 0 Å². The fourth-order valence-corrected chi connectivity index (χ4v) is 3.90. The van der Waals surface area contributed by atoms with E-state index < -0.39 is 23.8 Å². The number of benzene rings is 2. The Morgan fingerprint density at radius 3 is 2.12 bits per heavy atom. The predicted octanol–water partition coefficient (Wildman–Crippen LogP) is 2.10. The molecule has 1 aromatic heterocycles. The van der Waals surface area contributed by atoms with E-state index in [1.54, 1.807) is 4.90 Å². The van der Waals surface area contributed by atoms with E-state index in [0.717, 1.165) is 46.0 Å². The van der Waals surface area contributed by atoms with Crippen molar-refractivity contribution >= 4 is 29.3 Å². The van der Waals surface area contributed by atoms with Gasteiger partial charge in [0, 0.05) is 26.4 Å². The Morgan fingerprint density at radius 1 is 0.939 bits per heavy atom. The average molecular weight is 445 g/mol. The summed E-state index contributed by atoms with van der Waals surface area (Å²) >= 11 is 0. The number of hydrogen-bond acceptors (Lipinski definition) is 5. The third-order valence-corrected chi connectivity index (χ3v) is 5.59. The molecule has 1 aliphatic heterocycles. The highest BCUT2D eigenvalue weighted by atomic mass is 16.5. The number of ether oxygens (including phenoxy) is 1.